The lowest BCUT2D eigenvalue weighted by atomic mass is 9.95. The molecule has 1 aromatic rings. The van der Waals surface area contributed by atoms with Crippen molar-refractivity contribution in [3.63, 3.8) is 0 Å². The van der Waals surface area contributed by atoms with Gasteiger partial charge in [0.2, 0.25) is 21.8 Å². The average molecular weight is 544 g/mol. The summed E-state index contributed by atoms with van der Waals surface area (Å²) >= 11 is 0. The molecule has 38 heavy (non-hydrogen) atoms. The number of rotatable bonds is 9. The van der Waals surface area contributed by atoms with Crippen LogP contribution in [0.2, 0.25) is 0 Å². The maximum atomic E-state index is 13.0. The van der Waals surface area contributed by atoms with E-state index in [1.807, 2.05) is 4.90 Å². The van der Waals surface area contributed by atoms with E-state index in [9.17, 15) is 28.1 Å². The van der Waals surface area contributed by atoms with Crippen LogP contribution in [0.1, 0.15) is 86.8 Å². The molecular formula is C27H37N5O5S. The van der Waals surface area contributed by atoms with Crippen LogP contribution >= 0.6 is 0 Å². The van der Waals surface area contributed by atoms with E-state index in [4.69, 9.17) is 4.98 Å². The summed E-state index contributed by atoms with van der Waals surface area (Å²) in [6.07, 6.45) is 5.92. The fourth-order valence-electron chi connectivity index (χ4n) is 5.68. The Morgan fingerprint density at radius 2 is 1.82 bits per heavy atom. The number of carbonyl (C=O) groups excluding carboxylic acids is 3. The molecule has 1 saturated carbocycles. The molecule has 3 aliphatic rings. The Kier molecular flexibility index (Phi) is 8.71. The molecule has 3 heterocycles. The molecule has 0 aromatic carbocycles. The maximum Gasteiger partial charge on any atom is 0.236 e. The monoisotopic (exact) mass is 543 g/mol. The third-order valence-corrected chi connectivity index (χ3v) is 9.28. The van der Waals surface area contributed by atoms with Gasteiger partial charge >= 0.3 is 0 Å². The van der Waals surface area contributed by atoms with Crippen LogP contribution in [-0.4, -0.2) is 61.3 Å². The second-order valence-corrected chi connectivity index (χ2v) is 12.8. The van der Waals surface area contributed by atoms with Gasteiger partial charge in [0.15, 0.2) is 5.78 Å². The van der Waals surface area contributed by atoms with Crippen molar-refractivity contribution in [1.82, 2.24) is 14.6 Å². The van der Waals surface area contributed by atoms with Crippen LogP contribution in [0, 0.1) is 29.1 Å². The highest BCUT2D eigenvalue weighted by Gasteiger charge is 2.32. The normalized spacial score (nSPS) is 19.3. The topological polar surface area (TPSA) is 141 Å². The molecule has 1 aliphatic carbocycles. The summed E-state index contributed by atoms with van der Waals surface area (Å²) < 4.78 is 27.3. The number of nitrogens with one attached hydrogen (secondary N) is 1. The van der Waals surface area contributed by atoms with E-state index in [1.165, 1.54) is 0 Å². The minimum absolute atomic E-state index is 0.00320. The first-order valence-electron chi connectivity index (χ1n) is 13.6. The van der Waals surface area contributed by atoms with Gasteiger partial charge < -0.3 is 9.80 Å². The molecular weight excluding hydrogens is 506 g/mol. The number of sulfonamides is 1. The molecule has 10 nitrogen and oxygen atoms in total. The SMILES string of the molecule is CC(C)C(=O)c1cc(C#N)c(N2CCC(C(=O)NS(=O)(=O)CC3CCCC3)CC2)nc1CN1CCCC1=O. The van der Waals surface area contributed by atoms with Crippen LogP contribution in [0.5, 0.6) is 0 Å². The molecule has 2 aliphatic heterocycles. The summed E-state index contributed by atoms with van der Waals surface area (Å²) in [7, 11) is -3.66. The molecule has 206 valence electrons. The maximum absolute atomic E-state index is 13.0. The number of hydrogen-bond acceptors (Lipinski definition) is 8. The van der Waals surface area contributed by atoms with E-state index in [1.54, 1.807) is 24.8 Å². The lowest BCUT2D eigenvalue weighted by molar-refractivity contribution is -0.128. The van der Waals surface area contributed by atoms with E-state index in [2.05, 4.69) is 10.8 Å². The number of likely N-dealkylation sites (tertiary alicyclic amines) is 1. The van der Waals surface area contributed by atoms with Crippen molar-refractivity contribution in [2.24, 2.45) is 17.8 Å². The Labute approximate surface area is 224 Å². The summed E-state index contributed by atoms with van der Waals surface area (Å²) in [4.78, 5) is 46.3. The van der Waals surface area contributed by atoms with Crippen molar-refractivity contribution in [2.45, 2.75) is 71.8 Å². The first-order valence-corrected chi connectivity index (χ1v) is 15.3. The summed E-state index contributed by atoms with van der Waals surface area (Å²) in [6.45, 7) is 5.23. The molecule has 0 spiro atoms. The number of amides is 2. The highest BCUT2D eigenvalue weighted by atomic mass is 32.2. The van der Waals surface area contributed by atoms with Crippen LogP contribution in [0.15, 0.2) is 6.07 Å². The first-order chi connectivity index (χ1) is 18.1. The first kappa shape index (κ1) is 28.0. The van der Waals surface area contributed by atoms with Gasteiger partial charge in [-0.3, -0.25) is 19.1 Å². The van der Waals surface area contributed by atoms with Crippen molar-refractivity contribution >= 4 is 33.4 Å². The van der Waals surface area contributed by atoms with Crippen LogP contribution in [0.25, 0.3) is 0 Å². The molecule has 0 radical (unpaired) electrons. The van der Waals surface area contributed by atoms with E-state index >= 15 is 0 Å². The Bertz CT molecular complexity index is 1220. The Hall–Kier alpha value is -3.00. The highest BCUT2D eigenvalue weighted by molar-refractivity contribution is 7.90. The quantitative estimate of drug-likeness (QED) is 0.469. The van der Waals surface area contributed by atoms with E-state index < -0.39 is 21.8 Å². The van der Waals surface area contributed by atoms with Crippen molar-refractivity contribution in [3.05, 3.63) is 22.9 Å². The number of hydrogen-bond donors (Lipinski definition) is 1. The summed E-state index contributed by atoms with van der Waals surface area (Å²) in [5.74, 6) is -0.763. The van der Waals surface area contributed by atoms with Gasteiger partial charge in [-0.25, -0.2) is 13.4 Å². The van der Waals surface area contributed by atoms with Gasteiger partial charge in [0.25, 0.3) is 0 Å². The number of pyridine rings is 1. The summed E-state index contributed by atoms with van der Waals surface area (Å²) in [5, 5.41) is 9.87. The Balaban J connectivity index is 1.48. The number of carbonyl (C=O) groups is 3. The van der Waals surface area contributed by atoms with Gasteiger partial charge in [0, 0.05) is 43.5 Å². The Morgan fingerprint density at radius 3 is 2.39 bits per heavy atom. The van der Waals surface area contributed by atoms with Gasteiger partial charge in [0.05, 0.1) is 23.6 Å². The molecule has 11 heteroatoms. The molecule has 0 unspecified atom stereocenters. The molecule has 0 bridgehead atoms. The average Bonchev–Trinajstić information content (AvgIpc) is 3.54. The van der Waals surface area contributed by atoms with Crippen LogP contribution in [0.4, 0.5) is 5.82 Å². The number of Topliss-reactive ketones (excluding diaryl/α,β-unsaturated/α-hetero) is 1. The largest absolute Gasteiger partial charge is 0.355 e. The van der Waals surface area contributed by atoms with Crippen LogP contribution < -0.4 is 9.62 Å². The van der Waals surface area contributed by atoms with Crippen molar-refractivity contribution in [3.8, 4) is 6.07 Å². The van der Waals surface area contributed by atoms with Crippen molar-refractivity contribution in [2.75, 3.05) is 30.3 Å². The number of nitriles is 1. The molecule has 4 rings (SSSR count). The zero-order valence-electron chi connectivity index (χ0n) is 22.2. The molecule has 0 atom stereocenters. The number of aromatic nitrogens is 1. The molecule has 2 saturated heterocycles. The number of ketones is 1. The third kappa shape index (κ3) is 6.52. The summed E-state index contributed by atoms with van der Waals surface area (Å²) in [5.41, 5.74) is 1.11. The van der Waals surface area contributed by atoms with Gasteiger partial charge in [-0.15, -0.1) is 0 Å². The number of piperidine rings is 1. The van der Waals surface area contributed by atoms with Gasteiger partial charge in [-0.05, 0) is 44.1 Å². The van der Waals surface area contributed by atoms with E-state index in [0.717, 1.165) is 32.1 Å². The zero-order chi connectivity index (χ0) is 27.4. The van der Waals surface area contributed by atoms with Crippen LogP contribution in [-0.2, 0) is 26.2 Å². The molecule has 3 fully saturated rings. The fraction of sp³-hybridized carbons (Fsp3) is 0.667. The second kappa shape index (κ2) is 11.8. The predicted octanol–water partition coefficient (Wildman–Crippen LogP) is 2.77. The van der Waals surface area contributed by atoms with Gasteiger partial charge in [0.1, 0.15) is 11.9 Å². The number of anilines is 1. The lowest BCUT2D eigenvalue weighted by Crippen LogP contribution is -2.44. The molecule has 1 aromatic heterocycles. The lowest BCUT2D eigenvalue weighted by Gasteiger charge is -2.33. The Morgan fingerprint density at radius 1 is 1.13 bits per heavy atom. The zero-order valence-corrected chi connectivity index (χ0v) is 23.1. The fourth-order valence-corrected chi connectivity index (χ4v) is 7.19. The van der Waals surface area contributed by atoms with Crippen molar-refractivity contribution < 1.29 is 22.8 Å². The van der Waals surface area contributed by atoms with E-state index in [0.29, 0.717) is 56.0 Å². The highest BCUT2D eigenvalue weighted by Crippen LogP contribution is 2.29. The third-order valence-electron chi connectivity index (χ3n) is 7.85. The van der Waals surface area contributed by atoms with Crippen molar-refractivity contribution in [1.29, 1.82) is 5.26 Å². The molecule has 2 amide bonds. The predicted molar refractivity (Wildman–Crippen MR) is 142 cm³/mol. The van der Waals surface area contributed by atoms with Gasteiger partial charge in [-0.2, -0.15) is 5.26 Å². The minimum Gasteiger partial charge on any atom is -0.355 e. The summed E-state index contributed by atoms with van der Waals surface area (Å²) in [6, 6.07) is 3.74. The standard InChI is InChI=1S/C27H37N5O5S/c1-18(2)25(34)22-14-21(15-28)26(29-23(22)16-32-11-5-8-24(32)33)31-12-9-20(10-13-31)27(35)30-38(36,37)17-19-6-3-4-7-19/h14,18-20H,3-13,16-17H2,1-2H3,(H,30,35). The van der Waals surface area contributed by atoms with Crippen LogP contribution in [0.3, 0.4) is 0 Å². The van der Waals surface area contributed by atoms with Gasteiger partial charge in [-0.1, -0.05) is 26.7 Å². The smallest absolute Gasteiger partial charge is 0.236 e. The molecule has 1 N–H and O–H groups in total. The van der Waals surface area contributed by atoms with E-state index in [-0.39, 0.29) is 41.4 Å². The number of nitrogens with zero attached hydrogens (tertiary/aromatic N) is 4. The minimum atomic E-state index is -3.66. The second-order valence-electron chi connectivity index (χ2n) is 11.1.